The molecule has 1 aliphatic heterocycles. The number of nitrogens with one attached hydrogen (secondary N) is 1. The van der Waals surface area contributed by atoms with Crippen LogP contribution >= 0.6 is 0 Å². The number of β-amino-alcohol motifs (C(OH)–C–C–N with tert-alkyl or cyclic N) is 1. The fraction of sp³-hybridized carbons (Fsp3) is 1.00. The van der Waals surface area contributed by atoms with Gasteiger partial charge in [-0.1, -0.05) is 13.3 Å². The fourth-order valence-electron chi connectivity index (χ4n) is 1.37. The molecule has 1 aliphatic rings. The summed E-state index contributed by atoms with van der Waals surface area (Å²) in [4.78, 5) is 0. The highest BCUT2D eigenvalue weighted by atomic mass is 16.3. The van der Waals surface area contributed by atoms with Crippen molar-refractivity contribution in [1.29, 1.82) is 0 Å². The van der Waals surface area contributed by atoms with Gasteiger partial charge >= 0.3 is 0 Å². The Labute approximate surface area is 56.3 Å². The number of aliphatic hydroxyl groups is 1. The molecule has 1 rings (SSSR count). The van der Waals surface area contributed by atoms with Crippen LogP contribution < -0.4 is 5.32 Å². The molecule has 2 atom stereocenters. The van der Waals surface area contributed by atoms with E-state index in [4.69, 9.17) is 0 Å². The van der Waals surface area contributed by atoms with Gasteiger partial charge in [-0.15, -0.1) is 0 Å². The van der Waals surface area contributed by atoms with Gasteiger partial charge in [-0.3, -0.25) is 0 Å². The molecule has 0 aromatic heterocycles. The number of hydrogen-bond donors (Lipinski definition) is 2. The molecule has 0 saturated carbocycles. The smallest absolute Gasteiger partial charge is 0.0693 e. The van der Waals surface area contributed by atoms with Crippen LogP contribution in [0.4, 0.5) is 0 Å². The Hall–Kier alpha value is -0.0800. The lowest BCUT2D eigenvalue weighted by Crippen LogP contribution is -2.40. The van der Waals surface area contributed by atoms with Gasteiger partial charge in [0.25, 0.3) is 0 Å². The molecule has 54 valence electrons. The predicted molar refractivity (Wildman–Crippen MR) is 37.3 cm³/mol. The van der Waals surface area contributed by atoms with E-state index < -0.39 is 0 Å². The maximum Gasteiger partial charge on any atom is 0.0693 e. The molecule has 0 aliphatic carbocycles. The first-order chi connectivity index (χ1) is 4.34. The topological polar surface area (TPSA) is 32.3 Å². The summed E-state index contributed by atoms with van der Waals surface area (Å²) in [6.07, 6.45) is 2.16. The van der Waals surface area contributed by atoms with Crippen molar-refractivity contribution >= 4 is 0 Å². The molecule has 0 amide bonds. The molecule has 1 fully saturated rings. The molecule has 1 saturated heterocycles. The second kappa shape index (κ2) is 3.18. The molecular weight excluding hydrogens is 114 g/mol. The van der Waals surface area contributed by atoms with Crippen LogP contribution in [0.3, 0.4) is 0 Å². The average Bonchev–Trinajstić information content (AvgIpc) is 1.89. The van der Waals surface area contributed by atoms with Crippen molar-refractivity contribution in [2.24, 2.45) is 5.92 Å². The Morgan fingerprint density at radius 1 is 1.67 bits per heavy atom. The van der Waals surface area contributed by atoms with Crippen LogP contribution in [0.15, 0.2) is 0 Å². The zero-order valence-corrected chi connectivity index (χ0v) is 5.93. The summed E-state index contributed by atoms with van der Waals surface area (Å²) in [5.74, 6) is 0.547. The Morgan fingerprint density at radius 3 is 2.89 bits per heavy atom. The standard InChI is InChI=1S/C7H15NO/c1-2-6-3-4-8-5-7(6)9/h6-9H,2-5H2,1H3/t6?,7-/m0/s1. The van der Waals surface area contributed by atoms with E-state index >= 15 is 0 Å². The summed E-state index contributed by atoms with van der Waals surface area (Å²) in [5.41, 5.74) is 0. The lowest BCUT2D eigenvalue weighted by atomic mass is 9.93. The molecule has 0 aromatic rings. The number of piperidine rings is 1. The molecular formula is C7H15NO. The van der Waals surface area contributed by atoms with E-state index in [2.05, 4.69) is 12.2 Å². The van der Waals surface area contributed by atoms with Crippen molar-refractivity contribution in [2.45, 2.75) is 25.9 Å². The van der Waals surface area contributed by atoms with Gasteiger partial charge in [0.1, 0.15) is 0 Å². The Morgan fingerprint density at radius 2 is 2.44 bits per heavy atom. The summed E-state index contributed by atoms with van der Waals surface area (Å²) in [6.45, 7) is 4.01. The Kier molecular flexibility index (Phi) is 2.49. The first-order valence-corrected chi connectivity index (χ1v) is 3.73. The quantitative estimate of drug-likeness (QED) is 0.536. The van der Waals surface area contributed by atoms with Crippen LogP contribution in [0, 0.1) is 5.92 Å². The van der Waals surface area contributed by atoms with Gasteiger partial charge < -0.3 is 10.4 Å². The molecule has 1 unspecified atom stereocenters. The first kappa shape index (κ1) is 7.03. The third-order valence-electron chi connectivity index (χ3n) is 2.11. The molecule has 0 bridgehead atoms. The molecule has 0 aromatic carbocycles. The normalized spacial score (nSPS) is 36.7. The summed E-state index contributed by atoms with van der Waals surface area (Å²) < 4.78 is 0. The fourth-order valence-corrected chi connectivity index (χ4v) is 1.37. The molecule has 2 nitrogen and oxygen atoms in total. The third-order valence-corrected chi connectivity index (χ3v) is 2.11. The van der Waals surface area contributed by atoms with Crippen molar-refractivity contribution in [1.82, 2.24) is 5.32 Å². The van der Waals surface area contributed by atoms with Gasteiger partial charge in [0.05, 0.1) is 6.10 Å². The van der Waals surface area contributed by atoms with E-state index in [0.29, 0.717) is 5.92 Å². The first-order valence-electron chi connectivity index (χ1n) is 3.73. The minimum atomic E-state index is -0.0938. The predicted octanol–water partition coefficient (Wildman–Crippen LogP) is 0.367. The van der Waals surface area contributed by atoms with Gasteiger partial charge in [-0.05, 0) is 18.9 Å². The molecule has 2 N–H and O–H groups in total. The van der Waals surface area contributed by atoms with Crippen molar-refractivity contribution in [3.8, 4) is 0 Å². The zero-order chi connectivity index (χ0) is 6.69. The Bertz CT molecular complexity index is 85.0. The summed E-state index contributed by atoms with van der Waals surface area (Å²) in [5, 5.41) is 12.5. The van der Waals surface area contributed by atoms with E-state index in [-0.39, 0.29) is 6.10 Å². The van der Waals surface area contributed by atoms with Crippen LogP contribution in [-0.4, -0.2) is 24.3 Å². The second-order valence-corrected chi connectivity index (χ2v) is 2.73. The molecule has 2 heteroatoms. The molecule has 0 radical (unpaired) electrons. The van der Waals surface area contributed by atoms with Crippen molar-refractivity contribution < 1.29 is 5.11 Å². The average molecular weight is 129 g/mol. The van der Waals surface area contributed by atoms with Crippen molar-refractivity contribution in [2.75, 3.05) is 13.1 Å². The van der Waals surface area contributed by atoms with Crippen molar-refractivity contribution in [3.63, 3.8) is 0 Å². The van der Waals surface area contributed by atoms with E-state index in [9.17, 15) is 5.11 Å². The van der Waals surface area contributed by atoms with E-state index in [1.165, 1.54) is 0 Å². The van der Waals surface area contributed by atoms with Crippen LogP contribution in [0.25, 0.3) is 0 Å². The summed E-state index contributed by atoms with van der Waals surface area (Å²) >= 11 is 0. The van der Waals surface area contributed by atoms with Gasteiger partial charge in [-0.25, -0.2) is 0 Å². The van der Waals surface area contributed by atoms with Crippen molar-refractivity contribution in [3.05, 3.63) is 0 Å². The highest BCUT2D eigenvalue weighted by molar-refractivity contribution is 4.75. The highest BCUT2D eigenvalue weighted by Gasteiger charge is 2.19. The second-order valence-electron chi connectivity index (χ2n) is 2.73. The van der Waals surface area contributed by atoms with Crippen LogP contribution in [0.1, 0.15) is 19.8 Å². The van der Waals surface area contributed by atoms with Gasteiger partial charge in [0.15, 0.2) is 0 Å². The largest absolute Gasteiger partial charge is 0.392 e. The highest BCUT2D eigenvalue weighted by Crippen LogP contribution is 2.15. The minimum Gasteiger partial charge on any atom is -0.392 e. The number of hydrogen-bond acceptors (Lipinski definition) is 2. The van der Waals surface area contributed by atoms with Gasteiger partial charge in [0.2, 0.25) is 0 Å². The van der Waals surface area contributed by atoms with E-state index in [0.717, 1.165) is 25.9 Å². The monoisotopic (exact) mass is 129 g/mol. The lowest BCUT2D eigenvalue weighted by molar-refractivity contribution is 0.0799. The molecule has 1 heterocycles. The van der Waals surface area contributed by atoms with Crippen LogP contribution in [0.2, 0.25) is 0 Å². The molecule has 0 spiro atoms. The van der Waals surface area contributed by atoms with E-state index in [1.54, 1.807) is 0 Å². The number of rotatable bonds is 1. The zero-order valence-electron chi connectivity index (χ0n) is 5.93. The SMILES string of the molecule is CCC1CCNC[C@@H]1O. The maximum absolute atomic E-state index is 9.31. The third kappa shape index (κ3) is 1.66. The van der Waals surface area contributed by atoms with Gasteiger partial charge in [0, 0.05) is 6.54 Å². The number of aliphatic hydroxyl groups excluding tert-OH is 1. The van der Waals surface area contributed by atoms with Crippen LogP contribution in [0.5, 0.6) is 0 Å². The van der Waals surface area contributed by atoms with Gasteiger partial charge in [-0.2, -0.15) is 0 Å². The molecule has 9 heavy (non-hydrogen) atoms. The Balaban J connectivity index is 2.30. The summed E-state index contributed by atoms with van der Waals surface area (Å²) in [7, 11) is 0. The van der Waals surface area contributed by atoms with E-state index in [1.807, 2.05) is 0 Å². The van der Waals surface area contributed by atoms with Crippen LogP contribution in [-0.2, 0) is 0 Å². The maximum atomic E-state index is 9.31. The summed E-state index contributed by atoms with van der Waals surface area (Å²) in [6, 6.07) is 0. The lowest BCUT2D eigenvalue weighted by Gasteiger charge is -2.26. The minimum absolute atomic E-state index is 0.0938.